The molecule has 0 radical (unpaired) electrons. The van der Waals surface area contributed by atoms with E-state index in [2.05, 4.69) is 45.8 Å². The Labute approximate surface area is 125 Å². The molecule has 0 fully saturated rings. The second-order valence-corrected chi connectivity index (χ2v) is 12.5. The largest absolute Gasteiger partial charge is 0.444 e. The maximum atomic E-state index is 11.5. The maximum absolute atomic E-state index is 11.5. The van der Waals surface area contributed by atoms with Gasteiger partial charge in [0.15, 0.2) is 8.32 Å². The van der Waals surface area contributed by atoms with E-state index in [1.54, 1.807) is 0 Å². The van der Waals surface area contributed by atoms with Gasteiger partial charge < -0.3 is 14.5 Å². The molecule has 20 heavy (non-hydrogen) atoms. The number of alkyl carbamates (subject to hydrolysis) is 1. The first-order valence-corrected chi connectivity index (χ1v) is 9.93. The highest BCUT2D eigenvalue weighted by atomic mass is 28.4. The quantitative estimate of drug-likeness (QED) is 0.614. The van der Waals surface area contributed by atoms with E-state index in [-0.39, 0.29) is 5.04 Å². The average Bonchev–Trinajstić information content (AvgIpc) is 2.19. The van der Waals surface area contributed by atoms with Crippen LogP contribution in [0.1, 0.15) is 41.5 Å². The molecular formula is C15H31NO3Si. The molecule has 0 aromatic carbocycles. The van der Waals surface area contributed by atoms with Crippen LogP contribution in [0.2, 0.25) is 18.1 Å². The topological polar surface area (TPSA) is 47.6 Å². The standard InChI is InChI=1S/C15H31NO3Si/c1-12(10-16-13(17)19-14(2,3)4)11-18-20(8,9)15(5,6)7/h1,10-11H2,2-9H3,(H,16,17). The molecule has 1 amide bonds. The van der Waals surface area contributed by atoms with Gasteiger partial charge in [-0.2, -0.15) is 0 Å². The molecule has 5 heteroatoms. The maximum Gasteiger partial charge on any atom is 0.407 e. The normalized spacial score (nSPS) is 13.0. The number of amides is 1. The third-order valence-electron chi connectivity index (χ3n) is 3.32. The summed E-state index contributed by atoms with van der Waals surface area (Å²) in [5.41, 5.74) is 0.365. The fraction of sp³-hybridized carbons (Fsp3) is 0.800. The minimum Gasteiger partial charge on any atom is -0.444 e. The summed E-state index contributed by atoms with van der Waals surface area (Å²) in [4.78, 5) is 11.5. The van der Waals surface area contributed by atoms with Gasteiger partial charge in [0.25, 0.3) is 0 Å². The second-order valence-electron chi connectivity index (χ2n) is 7.65. The predicted octanol–water partition coefficient (Wildman–Crippen LogP) is 4.09. The SMILES string of the molecule is C=C(CNC(=O)OC(C)(C)C)CO[Si](C)(C)C(C)(C)C. The van der Waals surface area contributed by atoms with Gasteiger partial charge in [-0.3, -0.25) is 0 Å². The highest BCUT2D eigenvalue weighted by molar-refractivity contribution is 6.74. The molecule has 0 aromatic heterocycles. The summed E-state index contributed by atoms with van der Waals surface area (Å²) in [6, 6.07) is 0. The lowest BCUT2D eigenvalue weighted by Gasteiger charge is -2.36. The zero-order valence-corrected chi connectivity index (χ0v) is 15.3. The Hall–Kier alpha value is -0.813. The smallest absolute Gasteiger partial charge is 0.407 e. The first-order valence-electron chi connectivity index (χ1n) is 7.02. The molecule has 0 aromatic rings. The van der Waals surface area contributed by atoms with Crippen molar-refractivity contribution in [3.8, 4) is 0 Å². The molecule has 0 spiro atoms. The van der Waals surface area contributed by atoms with Crippen molar-refractivity contribution in [3.05, 3.63) is 12.2 Å². The minimum absolute atomic E-state index is 0.172. The lowest BCUT2D eigenvalue weighted by Crippen LogP contribution is -2.41. The summed E-state index contributed by atoms with van der Waals surface area (Å²) in [7, 11) is -1.77. The Morgan fingerprint density at radius 1 is 1.15 bits per heavy atom. The number of carbonyl (C=O) groups excluding carboxylic acids is 1. The average molecular weight is 302 g/mol. The number of rotatable bonds is 5. The lowest BCUT2D eigenvalue weighted by molar-refractivity contribution is 0.0531. The third kappa shape index (κ3) is 7.70. The van der Waals surface area contributed by atoms with E-state index in [9.17, 15) is 4.79 Å². The molecule has 1 N–H and O–H groups in total. The molecule has 0 bridgehead atoms. The summed E-state index contributed by atoms with van der Waals surface area (Å²) >= 11 is 0. The molecule has 0 saturated heterocycles. The number of ether oxygens (including phenoxy) is 1. The summed E-state index contributed by atoms with van der Waals surface area (Å²) in [5, 5.41) is 2.86. The first-order chi connectivity index (χ1) is 8.74. The van der Waals surface area contributed by atoms with Crippen molar-refractivity contribution in [1.29, 1.82) is 0 Å². The molecule has 0 aliphatic heterocycles. The van der Waals surface area contributed by atoms with E-state index in [1.165, 1.54) is 0 Å². The monoisotopic (exact) mass is 301 g/mol. The van der Waals surface area contributed by atoms with Gasteiger partial charge >= 0.3 is 6.09 Å². The van der Waals surface area contributed by atoms with Crippen molar-refractivity contribution in [1.82, 2.24) is 5.32 Å². The molecule has 0 heterocycles. The lowest BCUT2D eigenvalue weighted by atomic mass is 10.2. The van der Waals surface area contributed by atoms with Crippen LogP contribution in [-0.2, 0) is 9.16 Å². The zero-order valence-electron chi connectivity index (χ0n) is 14.3. The van der Waals surface area contributed by atoms with E-state index >= 15 is 0 Å². The second kappa shape index (κ2) is 6.76. The predicted molar refractivity (Wildman–Crippen MR) is 86.5 cm³/mol. The third-order valence-corrected chi connectivity index (χ3v) is 7.80. The highest BCUT2D eigenvalue weighted by Gasteiger charge is 2.37. The Bertz CT molecular complexity index is 351. The van der Waals surface area contributed by atoms with Gasteiger partial charge in [-0.1, -0.05) is 27.4 Å². The molecule has 0 aliphatic carbocycles. The summed E-state index contributed by atoms with van der Waals surface area (Å²) in [6.07, 6.45) is -0.425. The van der Waals surface area contributed by atoms with Crippen molar-refractivity contribution in [2.75, 3.05) is 13.2 Å². The van der Waals surface area contributed by atoms with Crippen LogP contribution in [0.15, 0.2) is 12.2 Å². The fourth-order valence-electron chi connectivity index (χ4n) is 1.06. The van der Waals surface area contributed by atoms with Crippen LogP contribution in [0, 0.1) is 0 Å². The summed E-state index contributed by atoms with van der Waals surface area (Å²) in [5.74, 6) is 0. The van der Waals surface area contributed by atoms with Crippen molar-refractivity contribution >= 4 is 14.4 Å². The Morgan fingerprint density at radius 2 is 1.65 bits per heavy atom. The Morgan fingerprint density at radius 3 is 2.05 bits per heavy atom. The van der Waals surface area contributed by atoms with Crippen LogP contribution in [-0.4, -0.2) is 33.2 Å². The van der Waals surface area contributed by atoms with Crippen LogP contribution >= 0.6 is 0 Å². The zero-order chi connectivity index (χ0) is 16.2. The number of carbonyl (C=O) groups is 1. The molecule has 0 atom stereocenters. The fourth-order valence-corrected chi connectivity index (χ4v) is 2.06. The van der Waals surface area contributed by atoms with Crippen LogP contribution in [0.4, 0.5) is 4.79 Å². The van der Waals surface area contributed by atoms with Gasteiger partial charge in [-0.25, -0.2) is 4.79 Å². The van der Waals surface area contributed by atoms with Gasteiger partial charge in [0.05, 0.1) is 6.61 Å². The number of nitrogens with one attached hydrogen (secondary N) is 1. The van der Waals surface area contributed by atoms with E-state index in [1.807, 2.05) is 20.8 Å². The van der Waals surface area contributed by atoms with Gasteiger partial charge in [0.1, 0.15) is 5.60 Å². The molecular weight excluding hydrogens is 270 g/mol. The molecule has 0 saturated carbocycles. The van der Waals surface area contributed by atoms with Gasteiger partial charge in [-0.15, -0.1) is 0 Å². The summed E-state index contributed by atoms with van der Waals surface area (Å²) in [6.45, 7) is 21.3. The van der Waals surface area contributed by atoms with Crippen LogP contribution < -0.4 is 5.32 Å². The Balaban J connectivity index is 4.12. The highest BCUT2D eigenvalue weighted by Crippen LogP contribution is 2.36. The molecule has 0 aliphatic rings. The van der Waals surface area contributed by atoms with Gasteiger partial charge in [-0.05, 0) is 44.5 Å². The number of hydrogen-bond donors (Lipinski definition) is 1. The molecule has 4 nitrogen and oxygen atoms in total. The van der Waals surface area contributed by atoms with E-state index in [4.69, 9.17) is 9.16 Å². The molecule has 118 valence electrons. The van der Waals surface area contributed by atoms with Crippen molar-refractivity contribution in [3.63, 3.8) is 0 Å². The van der Waals surface area contributed by atoms with E-state index in [0.717, 1.165) is 5.57 Å². The van der Waals surface area contributed by atoms with Crippen LogP contribution in [0.5, 0.6) is 0 Å². The molecule has 0 unspecified atom stereocenters. The van der Waals surface area contributed by atoms with Crippen molar-refractivity contribution < 1.29 is 14.0 Å². The molecule has 0 rings (SSSR count). The van der Waals surface area contributed by atoms with Crippen LogP contribution in [0.3, 0.4) is 0 Å². The van der Waals surface area contributed by atoms with Crippen molar-refractivity contribution in [2.45, 2.75) is 65.3 Å². The summed E-state index contributed by atoms with van der Waals surface area (Å²) < 4.78 is 11.2. The van der Waals surface area contributed by atoms with Gasteiger partial charge in [0.2, 0.25) is 0 Å². The van der Waals surface area contributed by atoms with Crippen LogP contribution in [0.25, 0.3) is 0 Å². The minimum atomic E-state index is -1.77. The van der Waals surface area contributed by atoms with E-state index < -0.39 is 20.0 Å². The number of hydrogen-bond acceptors (Lipinski definition) is 3. The van der Waals surface area contributed by atoms with Crippen molar-refractivity contribution in [2.24, 2.45) is 0 Å². The Kier molecular flexibility index (Phi) is 6.49. The van der Waals surface area contributed by atoms with E-state index in [0.29, 0.717) is 13.2 Å². The van der Waals surface area contributed by atoms with Gasteiger partial charge in [0, 0.05) is 6.54 Å². The first kappa shape index (κ1) is 19.2.